The standard InChI is InChI=1S/C22H19N5O4S3/c28-15(9-13-7-4-8-32-13)24-16-19(29)27-17(21(30)31)14(11-33-20(16)27)18-25-26-22(34-18)23-10-12-5-2-1-3-6-12/h1-8,16,20H,9-11H2,(H,23,26)(H,24,28)(H,30,31)/t16?,20-/m1/s1. The Morgan fingerprint density at radius 2 is 1.97 bits per heavy atom. The number of amides is 2. The molecule has 2 aromatic heterocycles. The molecule has 1 fully saturated rings. The smallest absolute Gasteiger partial charge is 0.353 e. The number of carbonyl (C=O) groups excluding carboxylic acids is 2. The van der Waals surface area contributed by atoms with E-state index in [-0.39, 0.29) is 18.0 Å². The van der Waals surface area contributed by atoms with Gasteiger partial charge in [0.05, 0.1) is 6.42 Å². The summed E-state index contributed by atoms with van der Waals surface area (Å²) < 4.78 is 0. The van der Waals surface area contributed by atoms with Gasteiger partial charge in [0.2, 0.25) is 11.0 Å². The molecule has 0 saturated carbocycles. The molecule has 4 heterocycles. The van der Waals surface area contributed by atoms with E-state index in [0.717, 1.165) is 10.4 Å². The normalized spacial score (nSPS) is 19.4. The molecule has 34 heavy (non-hydrogen) atoms. The number of benzene rings is 1. The monoisotopic (exact) mass is 513 g/mol. The third kappa shape index (κ3) is 4.43. The number of nitrogens with one attached hydrogen (secondary N) is 2. The number of carboxylic acids is 1. The Labute approximate surface area is 206 Å². The van der Waals surface area contributed by atoms with Gasteiger partial charge in [-0.05, 0) is 17.0 Å². The summed E-state index contributed by atoms with van der Waals surface area (Å²) in [5.74, 6) is -1.55. The van der Waals surface area contributed by atoms with Gasteiger partial charge in [-0.1, -0.05) is 47.7 Å². The van der Waals surface area contributed by atoms with E-state index >= 15 is 0 Å². The minimum absolute atomic E-state index is 0.0942. The van der Waals surface area contributed by atoms with E-state index in [1.165, 1.54) is 39.3 Å². The largest absolute Gasteiger partial charge is 0.477 e. The van der Waals surface area contributed by atoms with E-state index in [1.807, 2.05) is 47.8 Å². The van der Waals surface area contributed by atoms with E-state index in [2.05, 4.69) is 20.8 Å². The molecule has 2 aliphatic rings. The fourth-order valence-corrected chi connectivity index (χ4v) is 6.69. The van der Waals surface area contributed by atoms with Crippen LogP contribution in [0.15, 0.2) is 53.5 Å². The number of thioether (sulfide) groups is 1. The van der Waals surface area contributed by atoms with Crippen LogP contribution in [0, 0.1) is 0 Å². The highest BCUT2D eigenvalue weighted by Gasteiger charge is 2.54. The molecule has 1 unspecified atom stereocenters. The van der Waals surface area contributed by atoms with Crippen molar-refractivity contribution in [3.05, 3.63) is 69.0 Å². The van der Waals surface area contributed by atoms with Gasteiger partial charge >= 0.3 is 5.97 Å². The number of hydrogen-bond acceptors (Lipinski definition) is 9. The van der Waals surface area contributed by atoms with Crippen molar-refractivity contribution in [1.29, 1.82) is 0 Å². The lowest BCUT2D eigenvalue weighted by molar-refractivity contribution is -0.150. The van der Waals surface area contributed by atoms with Gasteiger partial charge in [0.25, 0.3) is 5.91 Å². The van der Waals surface area contributed by atoms with Crippen LogP contribution < -0.4 is 10.6 Å². The predicted octanol–water partition coefficient (Wildman–Crippen LogP) is 2.65. The van der Waals surface area contributed by atoms with Gasteiger partial charge in [0.15, 0.2) is 0 Å². The molecule has 3 aromatic rings. The Kier molecular flexibility index (Phi) is 6.35. The fraction of sp³-hybridized carbons (Fsp3) is 0.227. The second-order valence-corrected chi connectivity index (χ2v) is 10.7. The van der Waals surface area contributed by atoms with Crippen LogP contribution in [0.2, 0.25) is 0 Å². The summed E-state index contributed by atoms with van der Waals surface area (Å²) in [6, 6.07) is 12.8. The summed E-state index contributed by atoms with van der Waals surface area (Å²) in [5.41, 5.74) is 1.44. The van der Waals surface area contributed by atoms with Crippen molar-refractivity contribution in [2.45, 2.75) is 24.4 Å². The Balaban J connectivity index is 1.30. The minimum atomic E-state index is -1.20. The maximum Gasteiger partial charge on any atom is 0.353 e. The van der Waals surface area contributed by atoms with E-state index < -0.39 is 23.3 Å². The highest BCUT2D eigenvalue weighted by Crippen LogP contribution is 2.44. The first-order valence-corrected chi connectivity index (χ1v) is 13.1. The summed E-state index contributed by atoms with van der Waals surface area (Å²) in [7, 11) is 0. The quantitative estimate of drug-likeness (QED) is 0.393. The summed E-state index contributed by atoms with van der Waals surface area (Å²) in [6.07, 6.45) is 0.190. The number of carbonyl (C=O) groups is 3. The second-order valence-electron chi connectivity index (χ2n) is 7.59. The van der Waals surface area contributed by atoms with Crippen molar-refractivity contribution in [2.75, 3.05) is 11.1 Å². The van der Waals surface area contributed by atoms with Crippen molar-refractivity contribution in [2.24, 2.45) is 0 Å². The van der Waals surface area contributed by atoms with Gasteiger partial charge in [-0.15, -0.1) is 33.3 Å². The van der Waals surface area contributed by atoms with Gasteiger partial charge in [0.1, 0.15) is 22.1 Å². The first-order chi connectivity index (χ1) is 16.5. The topological polar surface area (TPSA) is 125 Å². The maximum absolute atomic E-state index is 12.8. The molecule has 12 heteroatoms. The highest BCUT2D eigenvalue weighted by atomic mass is 32.2. The molecule has 9 nitrogen and oxygen atoms in total. The van der Waals surface area contributed by atoms with Crippen molar-refractivity contribution in [3.8, 4) is 0 Å². The highest BCUT2D eigenvalue weighted by molar-refractivity contribution is 8.00. The summed E-state index contributed by atoms with van der Waals surface area (Å²) >= 11 is 4.13. The van der Waals surface area contributed by atoms with Crippen LogP contribution in [0.5, 0.6) is 0 Å². The molecule has 174 valence electrons. The third-order valence-electron chi connectivity index (χ3n) is 5.37. The first-order valence-electron chi connectivity index (χ1n) is 10.4. The zero-order valence-electron chi connectivity index (χ0n) is 17.6. The number of fused-ring (bicyclic) bond motifs is 1. The first kappa shape index (κ1) is 22.6. The fourth-order valence-electron chi connectivity index (χ4n) is 3.77. The van der Waals surface area contributed by atoms with Crippen molar-refractivity contribution in [3.63, 3.8) is 0 Å². The Bertz CT molecular complexity index is 1260. The predicted molar refractivity (Wildman–Crippen MR) is 131 cm³/mol. The summed E-state index contributed by atoms with van der Waals surface area (Å²) in [5, 5.41) is 26.6. The zero-order chi connectivity index (χ0) is 23.7. The van der Waals surface area contributed by atoms with Crippen LogP contribution in [0.3, 0.4) is 0 Å². The molecule has 1 aromatic carbocycles. The number of carboxylic acid groups (broad SMARTS) is 1. The molecule has 1 saturated heterocycles. The molecule has 2 amide bonds. The second kappa shape index (κ2) is 9.57. The number of aliphatic carboxylic acids is 1. The molecule has 0 radical (unpaired) electrons. The summed E-state index contributed by atoms with van der Waals surface area (Å²) in [6.45, 7) is 0.564. The van der Waals surface area contributed by atoms with Crippen LogP contribution in [0.1, 0.15) is 15.4 Å². The van der Waals surface area contributed by atoms with E-state index in [1.54, 1.807) is 0 Å². The Morgan fingerprint density at radius 3 is 2.71 bits per heavy atom. The van der Waals surface area contributed by atoms with E-state index in [4.69, 9.17) is 0 Å². The maximum atomic E-state index is 12.8. The molecule has 0 spiro atoms. The van der Waals surface area contributed by atoms with Crippen molar-refractivity contribution >= 4 is 62.9 Å². The van der Waals surface area contributed by atoms with Gasteiger partial charge in [-0.3, -0.25) is 14.5 Å². The number of aromatic nitrogens is 2. The van der Waals surface area contributed by atoms with Gasteiger partial charge in [-0.2, -0.15) is 0 Å². The number of hydrogen-bond donors (Lipinski definition) is 3. The van der Waals surface area contributed by atoms with Gasteiger partial charge in [0, 0.05) is 22.7 Å². The molecular formula is C22H19N5O4S3. The lowest BCUT2D eigenvalue weighted by Crippen LogP contribution is -2.70. The molecule has 0 bridgehead atoms. The van der Waals surface area contributed by atoms with Crippen molar-refractivity contribution in [1.82, 2.24) is 20.4 Å². The molecule has 2 aliphatic heterocycles. The third-order valence-corrected chi connectivity index (χ3v) is 8.47. The van der Waals surface area contributed by atoms with Crippen LogP contribution in [-0.4, -0.2) is 55.2 Å². The number of β-lactam (4-membered cyclic amide) rings is 1. The lowest BCUT2D eigenvalue weighted by Gasteiger charge is -2.49. The van der Waals surface area contributed by atoms with Crippen LogP contribution >= 0.6 is 34.4 Å². The Hall–Kier alpha value is -3.22. The molecule has 3 N–H and O–H groups in total. The van der Waals surface area contributed by atoms with E-state index in [0.29, 0.717) is 28.0 Å². The van der Waals surface area contributed by atoms with Gasteiger partial charge < -0.3 is 15.7 Å². The van der Waals surface area contributed by atoms with Crippen LogP contribution in [0.4, 0.5) is 5.13 Å². The Morgan fingerprint density at radius 1 is 1.15 bits per heavy atom. The number of anilines is 1. The lowest BCUT2D eigenvalue weighted by atomic mass is 10.0. The molecule has 0 aliphatic carbocycles. The summed E-state index contributed by atoms with van der Waals surface area (Å²) in [4.78, 5) is 39.5. The average molecular weight is 514 g/mol. The number of rotatable bonds is 8. The van der Waals surface area contributed by atoms with Crippen molar-refractivity contribution < 1.29 is 19.5 Å². The average Bonchev–Trinajstić information content (AvgIpc) is 3.53. The number of thiophene rings is 1. The molecular weight excluding hydrogens is 494 g/mol. The molecule has 5 rings (SSSR count). The zero-order valence-corrected chi connectivity index (χ0v) is 20.1. The number of nitrogens with zero attached hydrogens (tertiary/aromatic N) is 3. The molecule has 2 atom stereocenters. The SMILES string of the molecule is O=C(Cc1cccs1)NC1C(=O)N2C(C(=O)O)=C(c3nnc(NCc4ccccc4)s3)CS[C@H]12. The minimum Gasteiger partial charge on any atom is -0.477 e. The van der Waals surface area contributed by atoms with Gasteiger partial charge in [-0.25, -0.2) is 4.79 Å². The van der Waals surface area contributed by atoms with Crippen LogP contribution in [0.25, 0.3) is 5.57 Å². The van der Waals surface area contributed by atoms with Crippen LogP contribution in [-0.2, 0) is 27.3 Å². The van der Waals surface area contributed by atoms with E-state index in [9.17, 15) is 19.5 Å².